The summed E-state index contributed by atoms with van der Waals surface area (Å²) in [6.07, 6.45) is 5.17. The summed E-state index contributed by atoms with van der Waals surface area (Å²) in [6.45, 7) is 10.6. The molecule has 9 rings (SSSR count). The van der Waals surface area contributed by atoms with E-state index in [-0.39, 0.29) is 35.1 Å². The molecule has 17 nitrogen and oxygen atoms in total. The zero-order valence-electron chi connectivity index (χ0n) is 36.3. The van der Waals surface area contributed by atoms with Gasteiger partial charge in [0.25, 0.3) is 21.6 Å². The van der Waals surface area contributed by atoms with Gasteiger partial charge in [-0.1, -0.05) is 43.2 Å². The molecule has 6 heterocycles. The third-order valence-electron chi connectivity index (χ3n) is 12.5. The molecule has 1 unspecified atom stereocenters. The average molecular weight is 926 g/mol. The summed E-state index contributed by atoms with van der Waals surface area (Å²) in [5.41, 5.74) is 5.11. The fourth-order valence-electron chi connectivity index (χ4n) is 8.95. The number of pyridine rings is 2. The Hall–Kier alpha value is -5.79. The van der Waals surface area contributed by atoms with Crippen LogP contribution in [0.3, 0.4) is 0 Å². The van der Waals surface area contributed by atoms with Crippen molar-refractivity contribution in [1.82, 2.24) is 24.6 Å². The highest BCUT2D eigenvalue weighted by atomic mass is 35.5. The molecular weight excluding hydrogens is 874 g/mol. The molecule has 3 N–H and O–H groups in total. The minimum Gasteiger partial charge on any atom is -0.476 e. The molecule has 0 saturated carbocycles. The van der Waals surface area contributed by atoms with Crippen LogP contribution in [-0.2, 0) is 19.5 Å². The maximum absolute atomic E-state index is 14.3. The summed E-state index contributed by atoms with van der Waals surface area (Å²) >= 11 is 6.26. The Kier molecular flexibility index (Phi) is 12.7. The Morgan fingerprint density at radius 3 is 2.58 bits per heavy atom. The van der Waals surface area contributed by atoms with Crippen LogP contribution in [0.4, 0.5) is 28.7 Å². The molecular formula is C46H52ClN9O8S. The number of allylic oxidation sites excluding steroid dienone is 1. The molecule has 0 spiro atoms. The average Bonchev–Trinajstić information content (AvgIpc) is 3.66. The number of nitrogens with zero attached hydrogens (tertiary/aromatic N) is 6. The van der Waals surface area contributed by atoms with Crippen LogP contribution in [0, 0.1) is 15.5 Å². The number of amides is 1. The third kappa shape index (κ3) is 9.91. The normalized spacial score (nSPS) is 19.3. The summed E-state index contributed by atoms with van der Waals surface area (Å²) in [5.74, 6) is 0.249. The molecule has 2 saturated heterocycles. The predicted molar refractivity (Wildman–Crippen MR) is 249 cm³/mol. The van der Waals surface area contributed by atoms with Crippen molar-refractivity contribution in [1.29, 1.82) is 0 Å². The molecule has 5 aromatic rings. The lowest BCUT2D eigenvalue weighted by Gasteiger charge is -2.39. The van der Waals surface area contributed by atoms with Crippen molar-refractivity contribution < 1.29 is 32.3 Å². The highest BCUT2D eigenvalue weighted by Crippen LogP contribution is 2.44. The van der Waals surface area contributed by atoms with Gasteiger partial charge in [-0.15, -0.1) is 0 Å². The lowest BCUT2D eigenvalue weighted by Crippen LogP contribution is -2.47. The Labute approximate surface area is 382 Å². The largest absolute Gasteiger partial charge is 0.476 e. The number of ether oxygens (including phenoxy) is 3. The Morgan fingerprint density at radius 2 is 1.82 bits per heavy atom. The van der Waals surface area contributed by atoms with Crippen molar-refractivity contribution in [3.63, 3.8) is 0 Å². The zero-order chi connectivity index (χ0) is 45.3. The van der Waals surface area contributed by atoms with Gasteiger partial charge in [0, 0.05) is 68.5 Å². The zero-order valence-corrected chi connectivity index (χ0v) is 37.9. The van der Waals surface area contributed by atoms with Crippen LogP contribution in [0.25, 0.3) is 16.6 Å². The number of H-pyrrole nitrogens is 1. The molecule has 0 bridgehead atoms. The van der Waals surface area contributed by atoms with Crippen molar-refractivity contribution in [3.05, 3.63) is 105 Å². The van der Waals surface area contributed by atoms with Crippen LogP contribution in [0.5, 0.6) is 5.88 Å². The fraction of sp³-hybridized carbons (Fsp3) is 0.413. The van der Waals surface area contributed by atoms with Gasteiger partial charge in [0.05, 0.1) is 47.9 Å². The summed E-state index contributed by atoms with van der Waals surface area (Å²) in [4.78, 5) is 44.8. The van der Waals surface area contributed by atoms with Crippen molar-refractivity contribution in [2.75, 3.05) is 87.4 Å². The number of nitro benzene ring substituents is 1. The first kappa shape index (κ1) is 44.4. The number of rotatable bonds is 12. The van der Waals surface area contributed by atoms with Crippen LogP contribution >= 0.6 is 11.6 Å². The Bertz CT molecular complexity index is 2730. The molecule has 4 aliphatic rings. The minimum absolute atomic E-state index is 0.0117. The van der Waals surface area contributed by atoms with Crippen molar-refractivity contribution in [2.24, 2.45) is 5.41 Å². The monoisotopic (exact) mass is 925 g/mol. The van der Waals surface area contributed by atoms with E-state index in [9.17, 15) is 23.3 Å². The number of aromatic amines is 1. The predicted octanol–water partition coefficient (Wildman–Crippen LogP) is 7.17. The van der Waals surface area contributed by atoms with E-state index in [1.807, 2.05) is 29.2 Å². The van der Waals surface area contributed by atoms with Crippen LogP contribution in [0.2, 0.25) is 5.02 Å². The molecule has 3 aromatic heterocycles. The van der Waals surface area contributed by atoms with Gasteiger partial charge in [0.2, 0.25) is 5.88 Å². The second kappa shape index (κ2) is 18.6. The number of aromatic nitrogens is 3. The van der Waals surface area contributed by atoms with E-state index < -0.39 is 31.4 Å². The van der Waals surface area contributed by atoms with Crippen LogP contribution < -0.4 is 24.6 Å². The first-order chi connectivity index (χ1) is 31.3. The number of fused-ring (bicyclic) bond motifs is 2. The maximum Gasteiger partial charge on any atom is 0.293 e. The number of hydrogen-bond acceptors (Lipinski definition) is 14. The molecule has 65 heavy (non-hydrogen) atoms. The third-order valence-corrected chi connectivity index (χ3v) is 14.1. The SMILES string of the molecule is CC1(C)CCC(CN2CCN(c3ccc(C(=O)NS(=O)(=O)c4ccc(NCC5COCCO5)c([N+](=O)[O-])c4)c(N4CCCOc5nc6[nH]ccc6cc54)n3)CC2)=C(c2ccc(Cl)cc2)C1. The summed E-state index contributed by atoms with van der Waals surface area (Å²) in [7, 11) is -4.62. The number of carbonyl (C=O) groups excluding carboxylic acids is 1. The molecule has 342 valence electrons. The second-order valence-corrected chi connectivity index (χ2v) is 19.8. The number of piperazine rings is 1. The van der Waals surface area contributed by atoms with Crippen LogP contribution in [0.15, 0.2) is 83.4 Å². The number of halogens is 1. The number of hydrogen-bond donors (Lipinski definition) is 3. The van der Waals surface area contributed by atoms with E-state index in [1.165, 1.54) is 28.8 Å². The number of nitrogens with one attached hydrogen (secondary N) is 3. The van der Waals surface area contributed by atoms with E-state index in [0.717, 1.165) is 55.4 Å². The standard InChI is InChI=1S/C46H52ClN9O8S/c1-46(2)14-12-32(37(26-46)30-4-6-33(47)7-5-30)28-53-17-19-54(20-18-53)41-11-9-36(43(50-41)55-16-3-21-64-45-40(55)24-31-13-15-48-42(31)51-45)44(57)52-65(60,61)35-8-10-38(39(25-35)56(58)59)49-27-34-29-62-22-23-63-34/h4-11,13,15,24-25,34,49H,3,12,14,16-23,26-29H2,1-2H3,(H,48,51)(H,52,57). The van der Waals surface area contributed by atoms with Gasteiger partial charge in [-0.05, 0) is 90.8 Å². The van der Waals surface area contributed by atoms with Crippen molar-refractivity contribution >= 4 is 72.8 Å². The summed E-state index contributed by atoms with van der Waals surface area (Å²) in [5, 5.41) is 16.7. The van der Waals surface area contributed by atoms with Crippen molar-refractivity contribution in [3.8, 4) is 5.88 Å². The van der Waals surface area contributed by atoms with Crippen LogP contribution in [0.1, 0.15) is 55.5 Å². The van der Waals surface area contributed by atoms with Gasteiger partial charge >= 0.3 is 0 Å². The first-order valence-electron chi connectivity index (χ1n) is 21.9. The molecule has 3 aliphatic heterocycles. The van der Waals surface area contributed by atoms with E-state index in [1.54, 1.807) is 18.3 Å². The minimum atomic E-state index is -4.62. The van der Waals surface area contributed by atoms with Crippen LogP contribution in [-0.4, -0.2) is 117 Å². The number of nitro groups is 1. The van der Waals surface area contributed by atoms with Crippen molar-refractivity contribution in [2.45, 2.75) is 50.5 Å². The smallest absolute Gasteiger partial charge is 0.293 e. The Balaban J connectivity index is 0.986. The topological polar surface area (TPSA) is 197 Å². The van der Waals surface area contributed by atoms with E-state index in [4.69, 9.17) is 35.8 Å². The summed E-state index contributed by atoms with van der Waals surface area (Å²) in [6, 6.07) is 18.7. The lowest BCUT2D eigenvalue weighted by molar-refractivity contribution is -0.384. The summed E-state index contributed by atoms with van der Waals surface area (Å²) < 4.78 is 47.1. The van der Waals surface area contributed by atoms with Gasteiger partial charge in [0.15, 0.2) is 0 Å². The number of benzene rings is 2. The highest BCUT2D eigenvalue weighted by Gasteiger charge is 2.33. The fourth-order valence-corrected chi connectivity index (χ4v) is 10.1. The highest BCUT2D eigenvalue weighted by molar-refractivity contribution is 7.90. The molecule has 1 atom stereocenters. The number of anilines is 4. The Morgan fingerprint density at radius 1 is 1.00 bits per heavy atom. The van der Waals surface area contributed by atoms with E-state index in [2.05, 4.69) is 50.8 Å². The molecule has 1 aliphatic carbocycles. The molecule has 2 fully saturated rings. The van der Waals surface area contributed by atoms with Gasteiger partial charge in [-0.3, -0.25) is 19.8 Å². The second-order valence-electron chi connectivity index (χ2n) is 17.6. The first-order valence-corrected chi connectivity index (χ1v) is 23.8. The lowest BCUT2D eigenvalue weighted by atomic mass is 9.72. The molecule has 1 amide bonds. The van der Waals surface area contributed by atoms with E-state index >= 15 is 0 Å². The van der Waals surface area contributed by atoms with Gasteiger partial charge in [-0.25, -0.2) is 18.1 Å². The van der Waals surface area contributed by atoms with Gasteiger partial charge in [0.1, 0.15) is 28.7 Å². The molecule has 2 aromatic carbocycles. The number of carbonyl (C=O) groups is 1. The number of sulfonamides is 1. The molecule has 19 heteroatoms. The van der Waals surface area contributed by atoms with E-state index in [0.29, 0.717) is 75.5 Å². The quantitative estimate of drug-likeness (QED) is 0.0841. The maximum atomic E-state index is 14.3. The molecule has 0 radical (unpaired) electrons. The van der Waals surface area contributed by atoms with Gasteiger partial charge < -0.3 is 34.3 Å². The van der Waals surface area contributed by atoms with Gasteiger partial charge in [-0.2, -0.15) is 4.98 Å².